The van der Waals surface area contributed by atoms with Crippen LogP contribution in [0, 0.1) is 11.2 Å². The molecule has 5 heteroatoms. The number of carbonyl (C=O) groups is 3. The average Bonchev–Trinajstić information content (AvgIpc) is 3.26. The van der Waals surface area contributed by atoms with Crippen LogP contribution in [0.25, 0.3) is 6.08 Å². The Morgan fingerprint density at radius 2 is 1.48 bits per heavy atom. The van der Waals surface area contributed by atoms with Crippen molar-refractivity contribution in [3.8, 4) is 0 Å². The van der Waals surface area contributed by atoms with Crippen molar-refractivity contribution in [3.63, 3.8) is 0 Å². The van der Waals surface area contributed by atoms with Gasteiger partial charge >= 0.3 is 0 Å². The zero-order valence-corrected chi connectivity index (χ0v) is 17.9. The van der Waals surface area contributed by atoms with Crippen LogP contribution in [-0.2, 0) is 4.79 Å². The predicted octanol–water partition coefficient (Wildman–Crippen LogP) is 4.85. The number of hydrogen-bond donors (Lipinski definition) is 0. The molecule has 0 amide bonds. The second-order valence-corrected chi connectivity index (χ2v) is 8.90. The van der Waals surface area contributed by atoms with E-state index in [0.29, 0.717) is 11.1 Å². The molecule has 3 aromatic rings. The monoisotopic (exact) mass is 437 g/mol. The summed E-state index contributed by atoms with van der Waals surface area (Å²) in [5, 5.41) is 0. The van der Waals surface area contributed by atoms with Gasteiger partial charge in [0.1, 0.15) is 11.2 Å². The molecule has 2 aliphatic heterocycles. The maximum Gasteiger partial charge on any atom is 0.180 e. The minimum atomic E-state index is -1.63. The van der Waals surface area contributed by atoms with Crippen molar-refractivity contribution in [1.29, 1.82) is 0 Å². The molecule has 0 radical (unpaired) electrons. The molecule has 3 atom stereocenters. The van der Waals surface area contributed by atoms with Crippen molar-refractivity contribution >= 4 is 29.1 Å². The molecule has 0 unspecified atom stereocenters. The van der Waals surface area contributed by atoms with Crippen LogP contribution >= 0.6 is 0 Å². The van der Waals surface area contributed by atoms with E-state index in [1.165, 1.54) is 13.0 Å². The first kappa shape index (κ1) is 19.8. The van der Waals surface area contributed by atoms with Crippen molar-refractivity contribution in [2.75, 3.05) is 4.90 Å². The SMILES string of the molecule is CC(=O)[C@@H]1[C@@H](c2ccccc2F)C2(C(=O)c3ccccc3C2=O)[C@@H]2C=Cc3ccccc3N12. The summed E-state index contributed by atoms with van der Waals surface area (Å²) in [7, 11) is 0. The molecular weight excluding hydrogens is 417 g/mol. The summed E-state index contributed by atoms with van der Waals surface area (Å²) >= 11 is 0. The van der Waals surface area contributed by atoms with Crippen molar-refractivity contribution < 1.29 is 18.8 Å². The van der Waals surface area contributed by atoms with Crippen LogP contribution in [0.15, 0.2) is 78.9 Å². The highest BCUT2D eigenvalue weighted by atomic mass is 19.1. The lowest BCUT2D eigenvalue weighted by atomic mass is 9.64. The van der Waals surface area contributed by atoms with Crippen molar-refractivity contribution in [2.45, 2.75) is 24.9 Å². The third-order valence-corrected chi connectivity index (χ3v) is 7.37. The van der Waals surface area contributed by atoms with Gasteiger partial charge in [-0.3, -0.25) is 14.4 Å². The third kappa shape index (κ3) is 2.37. The van der Waals surface area contributed by atoms with Gasteiger partial charge < -0.3 is 4.90 Å². The first-order chi connectivity index (χ1) is 16.0. The van der Waals surface area contributed by atoms with E-state index in [0.717, 1.165) is 11.3 Å². The molecule has 1 saturated heterocycles. The van der Waals surface area contributed by atoms with Gasteiger partial charge in [-0.2, -0.15) is 0 Å². The van der Waals surface area contributed by atoms with Crippen LogP contribution in [0.5, 0.6) is 0 Å². The molecule has 33 heavy (non-hydrogen) atoms. The molecule has 3 aliphatic rings. The molecule has 1 fully saturated rings. The fraction of sp³-hybridized carbons (Fsp3) is 0.179. The number of nitrogens with zero attached hydrogens (tertiary/aromatic N) is 1. The molecular formula is C28H20FNO3. The highest BCUT2D eigenvalue weighted by molar-refractivity contribution is 6.32. The molecule has 0 saturated carbocycles. The van der Waals surface area contributed by atoms with Crippen LogP contribution in [0.2, 0.25) is 0 Å². The first-order valence-corrected chi connectivity index (χ1v) is 11.0. The first-order valence-electron chi connectivity index (χ1n) is 11.0. The maximum absolute atomic E-state index is 15.3. The molecule has 0 bridgehead atoms. The molecule has 1 spiro atoms. The lowest BCUT2D eigenvalue weighted by Gasteiger charge is -2.37. The Morgan fingerprint density at radius 3 is 2.15 bits per heavy atom. The van der Waals surface area contributed by atoms with Gasteiger partial charge in [-0.15, -0.1) is 0 Å². The Kier molecular flexibility index (Phi) is 4.09. The Bertz CT molecular complexity index is 1360. The second kappa shape index (κ2) is 6.82. The van der Waals surface area contributed by atoms with Gasteiger partial charge in [0.05, 0.1) is 12.1 Å². The number of carbonyl (C=O) groups excluding carboxylic acids is 3. The Hall–Kier alpha value is -3.86. The number of anilines is 1. The minimum Gasteiger partial charge on any atom is -0.352 e. The fourth-order valence-corrected chi connectivity index (χ4v) is 6.14. The topological polar surface area (TPSA) is 54.5 Å². The average molecular weight is 437 g/mol. The molecule has 0 N–H and O–H groups in total. The van der Waals surface area contributed by atoms with Gasteiger partial charge in [0.25, 0.3) is 0 Å². The predicted molar refractivity (Wildman–Crippen MR) is 123 cm³/mol. The Morgan fingerprint density at radius 1 is 0.879 bits per heavy atom. The summed E-state index contributed by atoms with van der Waals surface area (Å²) in [5.41, 5.74) is 0.902. The van der Waals surface area contributed by atoms with Crippen molar-refractivity contribution in [3.05, 3.63) is 107 Å². The van der Waals surface area contributed by atoms with Gasteiger partial charge in [-0.25, -0.2) is 4.39 Å². The second-order valence-electron chi connectivity index (χ2n) is 8.90. The van der Waals surface area contributed by atoms with Crippen LogP contribution in [-0.4, -0.2) is 29.4 Å². The number of rotatable bonds is 2. The zero-order valence-electron chi connectivity index (χ0n) is 17.9. The molecule has 162 valence electrons. The van der Waals surface area contributed by atoms with Crippen molar-refractivity contribution in [1.82, 2.24) is 0 Å². The van der Waals surface area contributed by atoms with E-state index < -0.39 is 29.2 Å². The van der Waals surface area contributed by atoms with E-state index in [-0.39, 0.29) is 22.9 Å². The Balaban J connectivity index is 1.71. The van der Waals surface area contributed by atoms with Gasteiger partial charge in [0, 0.05) is 22.7 Å². The van der Waals surface area contributed by atoms with Gasteiger partial charge in [-0.1, -0.05) is 72.8 Å². The van der Waals surface area contributed by atoms with Crippen LogP contribution in [0.4, 0.5) is 10.1 Å². The highest BCUT2D eigenvalue weighted by Gasteiger charge is 2.71. The van der Waals surface area contributed by atoms with E-state index >= 15 is 4.39 Å². The number of Topliss-reactive ketones (excluding diaryl/α,β-unsaturated/α-hetero) is 3. The van der Waals surface area contributed by atoms with E-state index in [1.54, 1.807) is 42.5 Å². The van der Waals surface area contributed by atoms with Crippen LogP contribution in [0.3, 0.4) is 0 Å². The summed E-state index contributed by atoms with van der Waals surface area (Å²) in [6.45, 7) is 1.45. The quantitative estimate of drug-likeness (QED) is 0.538. The van der Waals surface area contributed by atoms with Crippen LogP contribution in [0.1, 0.15) is 44.7 Å². The normalized spacial score (nSPS) is 24.1. The van der Waals surface area contributed by atoms with Gasteiger partial charge in [0.15, 0.2) is 17.3 Å². The number of para-hydroxylation sites is 1. The van der Waals surface area contributed by atoms with E-state index in [4.69, 9.17) is 0 Å². The molecule has 2 heterocycles. The standard InChI is InChI=1S/C28H20FNO3/c1-16(31)25-24(20-11-5-6-12-21(20)29)28(26(32)18-9-3-4-10-19(18)27(28)33)23-15-14-17-8-2-7-13-22(17)30(23)25/h2-15,23-25H,1H3/t23-,24+,25+/m0/s1. The molecule has 0 aromatic heterocycles. The maximum atomic E-state index is 15.3. The number of halogens is 1. The molecule has 3 aromatic carbocycles. The minimum absolute atomic E-state index is 0.215. The third-order valence-electron chi connectivity index (χ3n) is 7.37. The summed E-state index contributed by atoms with van der Waals surface area (Å²) in [6.07, 6.45) is 3.73. The zero-order chi connectivity index (χ0) is 22.9. The van der Waals surface area contributed by atoms with Gasteiger partial charge in [0.2, 0.25) is 0 Å². The number of hydrogen-bond acceptors (Lipinski definition) is 4. The number of fused-ring (bicyclic) bond motifs is 5. The van der Waals surface area contributed by atoms with Crippen LogP contribution < -0.4 is 4.90 Å². The summed E-state index contributed by atoms with van der Waals surface area (Å²) < 4.78 is 15.3. The highest BCUT2D eigenvalue weighted by Crippen LogP contribution is 2.60. The Labute approximate surface area is 190 Å². The molecule has 6 rings (SSSR count). The largest absolute Gasteiger partial charge is 0.352 e. The molecule has 1 aliphatic carbocycles. The van der Waals surface area contributed by atoms with E-state index in [2.05, 4.69) is 0 Å². The number of ketones is 3. The lowest BCUT2D eigenvalue weighted by molar-refractivity contribution is -0.118. The summed E-state index contributed by atoms with van der Waals surface area (Å²) in [5.74, 6) is -2.41. The molecule has 4 nitrogen and oxygen atoms in total. The van der Waals surface area contributed by atoms with E-state index in [1.807, 2.05) is 41.3 Å². The van der Waals surface area contributed by atoms with E-state index in [9.17, 15) is 14.4 Å². The summed E-state index contributed by atoms with van der Waals surface area (Å²) in [6, 6.07) is 18.9. The van der Waals surface area contributed by atoms with Crippen molar-refractivity contribution in [2.24, 2.45) is 5.41 Å². The van der Waals surface area contributed by atoms with Gasteiger partial charge in [-0.05, 0) is 30.2 Å². The number of benzene rings is 3. The summed E-state index contributed by atoms with van der Waals surface area (Å²) in [4.78, 5) is 43.4. The fourth-order valence-electron chi connectivity index (χ4n) is 6.14. The smallest absolute Gasteiger partial charge is 0.180 e. The lowest BCUT2D eigenvalue weighted by Crippen LogP contribution is -2.48.